The summed E-state index contributed by atoms with van der Waals surface area (Å²) in [4.78, 5) is 20.6. The van der Waals surface area contributed by atoms with E-state index in [1.165, 1.54) is 6.42 Å². The van der Waals surface area contributed by atoms with E-state index in [0.717, 1.165) is 11.5 Å². The normalized spacial score (nSPS) is 25.9. The Hall–Kier alpha value is -1.89. The van der Waals surface area contributed by atoms with E-state index in [1.54, 1.807) is 0 Å². The molecule has 20 heavy (non-hydrogen) atoms. The number of likely N-dealkylation sites (tertiary alicyclic amines) is 1. The Morgan fingerprint density at radius 3 is 2.20 bits per heavy atom. The van der Waals surface area contributed by atoms with Gasteiger partial charge in [0, 0.05) is 12.1 Å². The summed E-state index contributed by atoms with van der Waals surface area (Å²) in [7, 11) is 2.16. The van der Waals surface area contributed by atoms with E-state index in [1.807, 2.05) is 6.92 Å². The van der Waals surface area contributed by atoms with Crippen LogP contribution in [0.5, 0.6) is 0 Å². The van der Waals surface area contributed by atoms with Crippen molar-refractivity contribution in [2.24, 2.45) is 5.92 Å². The molecular formula is C13H20N2O5. The van der Waals surface area contributed by atoms with Gasteiger partial charge in [-0.1, -0.05) is 12.1 Å². The van der Waals surface area contributed by atoms with E-state index in [0.29, 0.717) is 18.0 Å². The lowest BCUT2D eigenvalue weighted by atomic mass is 10.00. The quantitative estimate of drug-likeness (QED) is 0.754. The van der Waals surface area contributed by atoms with Crippen molar-refractivity contribution < 1.29 is 24.3 Å². The van der Waals surface area contributed by atoms with Gasteiger partial charge in [0.15, 0.2) is 5.76 Å². The van der Waals surface area contributed by atoms with E-state index in [2.05, 4.69) is 37.0 Å². The van der Waals surface area contributed by atoms with E-state index in [-0.39, 0.29) is 0 Å². The lowest BCUT2D eigenvalue weighted by Crippen LogP contribution is -2.25. The van der Waals surface area contributed by atoms with Gasteiger partial charge in [0.1, 0.15) is 0 Å². The zero-order chi connectivity index (χ0) is 15.4. The van der Waals surface area contributed by atoms with Gasteiger partial charge >= 0.3 is 11.9 Å². The van der Waals surface area contributed by atoms with Crippen molar-refractivity contribution in [2.75, 3.05) is 7.05 Å². The number of aromatic nitrogens is 1. The standard InChI is InChI=1S/C11H18N2O.C2H2O4/c1-7-5-9(3)13(4)11(7)10-6-8(2)12-14-10;3-1(4)2(5)6/h6-7,9,11H,5H2,1-4H3;(H,3,4)(H,5,6). The lowest BCUT2D eigenvalue weighted by Gasteiger charge is -2.22. The number of aryl methyl sites for hydroxylation is 1. The summed E-state index contributed by atoms with van der Waals surface area (Å²) in [6, 6.07) is 3.10. The number of nitrogens with zero attached hydrogens (tertiary/aromatic N) is 2. The molecule has 0 radical (unpaired) electrons. The van der Waals surface area contributed by atoms with Crippen LogP contribution in [-0.4, -0.2) is 45.3 Å². The summed E-state index contributed by atoms with van der Waals surface area (Å²) < 4.78 is 5.35. The number of carbonyl (C=O) groups is 2. The smallest absolute Gasteiger partial charge is 0.414 e. The summed E-state index contributed by atoms with van der Waals surface area (Å²) >= 11 is 0. The second-order valence-electron chi connectivity index (χ2n) is 5.15. The first kappa shape index (κ1) is 16.2. The summed E-state index contributed by atoms with van der Waals surface area (Å²) in [6.45, 7) is 6.51. The predicted octanol–water partition coefficient (Wildman–Crippen LogP) is 1.54. The summed E-state index contributed by atoms with van der Waals surface area (Å²) in [6.07, 6.45) is 1.24. The van der Waals surface area contributed by atoms with Gasteiger partial charge in [0.2, 0.25) is 0 Å². The molecule has 1 aliphatic rings. The maximum atomic E-state index is 9.10. The molecule has 7 nitrogen and oxygen atoms in total. The largest absolute Gasteiger partial charge is 0.473 e. The van der Waals surface area contributed by atoms with Crippen LogP contribution in [0.1, 0.15) is 37.8 Å². The first-order valence-electron chi connectivity index (χ1n) is 6.35. The highest BCUT2D eigenvalue weighted by atomic mass is 16.5. The number of aliphatic carboxylic acids is 2. The van der Waals surface area contributed by atoms with Gasteiger partial charge in [0.25, 0.3) is 0 Å². The molecule has 2 N–H and O–H groups in total. The van der Waals surface area contributed by atoms with E-state index in [9.17, 15) is 0 Å². The molecule has 3 atom stereocenters. The molecule has 2 heterocycles. The molecule has 1 fully saturated rings. The van der Waals surface area contributed by atoms with Gasteiger partial charge in [-0.05, 0) is 33.2 Å². The molecule has 1 saturated heterocycles. The van der Waals surface area contributed by atoms with E-state index < -0.39 is 11.9 Å². The monoisotopic (exact) mass is 284 g/mol. The zero-order valence-corrected chi connectivity index (χ0v) is 12.0. The molecule has 0 bridgehead atoms. The third-order valence-corrected chi connectivity index (χ3v) is 3.51. The Kier molecular flexibility index (Phi) is 5.26. The highest BCUT2D eigenvalue weighted by Crippen LogP contribution is 2.39. The average Bonchev–Trinajstić information content (AvgIpc) is 2.85. The van der Waals surface area contributed by atoms with Gasteiger partial charge in [-0.3, -0.25) is 4.90 Å². The second kappa shape index (κ2) is 6.51. The highest BCUT2D eigenvalue weighted by molar-refractivity contribution is 6.27. The van der Waals surface area contributed by atoms with Crippen molar-refractivity contribution >= 4 is 11.9 Å². The molecule has 7 heteroatoms. The predicted molar refractivity (Wildman–Crippen MR) is 70.3 cm³/mol. The maximum absolute atomic E-state index is 9.10. The lowest BCUT2D eigenvalue weighted by molar-refractivity contribution is -0.159. The summed E-state index contributed by atoms with van der Waals surface area (Å²) in [5, 5.41) is 18.7. The van der Waals surface area contributed by atoms with Crippen molar-refractivity contribution in [2.45, 2.75) is 39.3 Å². The van der Waals surface area contributed by atoms with E-state index in [4.69, 9.17) is 24.3 Å². The maximum Gasteiger partial charge on any atom is 0.414 e. The summed E-state index contributed by atoms with van der Waals surface area (Å²) in [5.74, 6) is -1.98. The van der Waals surface area contributed by atoms with Gasteiger partial charge in [-0.2, -0.15) is 0 Å². The van der Waals surface area contributed by atoms with Crippen LogP contribution in [0, 0.1) is 12.8 Å². The van der Waals surface area contributed by atoms with Crippen LogP contribution in [0.2, 0.25) is 0 Å². The summed E-state index contributed by atoms with van der Waals surface area (Å²) in [5.41, 5.74) is 0.972. The average molecular weight is 284 g/mol. The van der Waals surface area contributed by atoms with Crippen molar-refractivity contribution in [3.63, 3.8) is 0 Å². The second-order valence-corrected chi connectivity index (χ2v) is 5.15. The number of hydrogen-bond donors (Lipinski definition) is 2. The molecular weight excluding hydrogens is 264 g/mol. The van der Waals surface area contributed by atoms with Gasteiger partial charge in [-0.15, -0.1) is 0 Å². The minimum atomic E-state index is -1.82. The molecule has 1 aliphatic heterocycles. The number of carboxylic acid groups (broad SMARTS) is 2. The fourth-order valence-corrected chi connectivity index (χ4v) is 2.51. The number of carboxylic acids is 2. The third-order valence-electron chi connectivity index (χ3n) is 3.51. The Balaban J connectivity index is 0.000000286. The van der Waals surface area contributed by atoms with Crippen molar-refractivity contribution in [3.05, 3.63) is 17.5 Å². The molecule has 0 aromatic carbocycles. The first-order valence-corrected chi connectivity index (χ1v) is 6.35. The van der Waals surface area contributed by atoms with Gasteiger partial charge < -0.3 is 14.7 Å². The van der Waals surface area contributed by atoms with Gasteiger partial charge in [0.05, 0.1) is 11.7 Å². The minimum absolute atomic E-state index is 0.409. The molecule has 0 amide bonds. The highest BCUT2D eigenvalue weighted by Gasteiger charge is 2.37. The number of hydrogen-bond acceptors (Lipinski definition) is 5. The molecule has 112 valence electrons. The van der Waals surface area contributed by atoms with E-state index >= 15 is 0 Å². The topological polar surface area (TPSA) is 104 Å². The van der Waals surface area contributed by atoms with Crippen LogP contribution in [0.15, 0.2) is 10.6 Å². The van der Waals surface area contributed by atoms with Crippen LogP contribution >= 0.6 is 0 Å². The van der Waals surface area contributed by atoms with Crippen molar-refractivity contribution in [3.8, 4) is 0 Å². The first-order chi connectivity index (χ1) is 9.23. The molecule has 0 aliphatic carbocycles. The van der Waals surface area contributed by atoms with Crippen LogP contribution in [0.3, 0.4) is 0 Å². The fraction of sp³-hybridized carbons (Fsp3) is 0.615. The molecule has 1 aromatic heterocycles. The zero-order valence-electron chi connectivity index (χ0n) is 12.0. The van der Waals surface area contributed by atoms with Crippen molar-refractivity contribution in [1.29, 1.82) is 0 Å². The Morgan fingerprint density at radius 1 is 1.35 bits per heavy atom. The molecule has 2 rings (SSSR count). The Bertz CT molecular complexity index is 473. The van der Waals surface area contributed by atoms with Gasteiger partial charge in [-0.25, -0.2) is 9.59 Å². The minimum Gasteiger partial charge on any atom is -0.473 e. The molecule has 0 spiro atoms. The van der Waals surface area contributed by atoms with Crippen LogP contribution in [-0.2, 0) is 9.59 Å². The van der Waals surface area contributed by atoms with Crippen LogP contribution < -0.4 is 0 Å². The van der Waals surface area contributed by atoms with Crippen LogP contribution in [0.4, 0.5) is 0 Å². The third kappa shape index (κ3) is 3.80. The Morgan fingerprint density at radius 2 is 1.90 bits per heavy atom. The number of rotatable bonds is 1. The fourth-order valence-electron chi connectivity index (χ4n) is 2.51. The molecule has 0 saturated carbocycles. The van der Waals surface area contributed by atoms with Crippen molar-refractivity contribution in [1.82, 2.24) is 10.1 Å². The molecule has 1 aromatic rings. The Labute approximate surface area is 117 Å². The SMILES string of the molecule is Cc1cc(C2C(C)CC(C)N2C)on1.O=C(O)C(=O)O. The molecule has 3 unspecified atom stereocenters. The van der Waals surface area contributed by atoms with Crippen LogP contribution in [0.25, 0.3) is 0 Å².